The molecule has 1 aliphatic rings. The van der Waals surface area contributed by atoms with Gasteiger partial charge in [0.15, 0.2) is 0 Å². The van der Waals surface area contributed by atoms with Crippen LogP contribution in [-0.2, 0) is 11.3 Å². The summed E-state index contributed by atoms with van der Waals surface area (Å²) in [5.41, 5.74) is 0.814. The van der Waals surface area contributed by atoms with Gasteiger partial charge in [0.25, 0.3) is 5.56 Å². The number of aromatic nitrogens is 2. The number of rotatable bonds is 7. The third kappa shape index (κ3) is 4.68. The Morgan fingerprint density at radius 1 is 1.48 bits per heavy atom. The summed E-state index contributed by atoms with van der Waals surface area (Å²) in [6.07, 6.45) is 3.89. The molecule has 136 valence electrons. The van der Waals surface area contributed by atoms with Gasteiger partial charge in [-0.3, -0.25) is 9.69 Å². The van der Waals surface area contributed by atoms with Crippen molar-refractivity contribution in [2.24, 2.45) is 0 Å². The molecule has 1 saturated heterocycles. The van der Waals surface area contributed by atoms with Gasteiger partial charge in [-0.2, -0.15) is 5.10 Å². The lowest BCUT2D eigenvalue weighted by Gasteiger charge is -2.32. The highest BCUT2D eigenvalue weighted by Gasteiger charge is 2.23. The van der Waals surface area contributed by atoms with Crippen LogP contribution in [0, 0.1) is 0 Å². The highest BCUT2D eigenvalue weighted by Crippen LogP contribution is 2.22. The number of hydrogen-bond donors (Lipinski definition) is 0. The van der Waals surface area contributed by atoms with E-state index in [1.807, 2.05) is 11.9 Å². The van der Waals surface area contributed by atoms with Crippen molar-refractivity contribution < 1.29 is 4.74 Å². The van der Waals surface area contributed by atoms with E-state index in [1.54, 1.807) is 35.4 Å². The molecule has 0 saturated carbocycles. The van der Waals surface area contributed by atoms with Crippen LogP contribution in [0.1, 0.15) is 23.8 Å². The van der Waals surface area contributed by atoms with Crippen LogP contribution in [0.2, 0.25) is 0 Å². The van der Waals surface area contributed by atoms with E-state index in [0.717, 1.165) is 44.7 Å². The van der Waals surface area contributed by atoms with Crippen molar-refractivity contribution in [1.82, 2.24) is 14.7 Å². The normalized spacial score (nSPS) is 18.4. The zero-order valence-corrected chi connectivity index (χ0v) is 15.7. The van der Waals surface area contributed by atoms with Crippen LogP contribution in [-0.4, -0.2) is 55.1 Å². The van der Waals surface area contributed by atoms with Crippen LogP contribution < -0.4 is 10.5 Å². The second-order valence-corrected chi connectivity index (χ2v) is 7.55. The largest absolute Gasteiger partial charge is 0.383 e. The Labute approximate surface area is 152 Å². The third-order valence-corrected chi connectivity index (χ3v) is 5.53. The van der Waals surface area contributed by atoms with Crippen LogP contribution in [0.15, 0.2) is 34.6 Å². The van der Waals surface area contributed by atoms with E-state index < -0.39 is 0 Å². The number of ether oxygens (including phenoxy) is 1. The molecule has 0 aliphatic carbocycles. The van der Waals surface area contributed by atoms with Crippen molar-refractivity contribution in [3.05, 3.63) is 45.0 Å². The minimum absolute atomic E-state index is 0.0234. The number of piperidine rings is 1. The second-order valence-electron chi connectivity index (χ2n) is 6.52. The first-order valence-corrected chi connectivity index (χ1v) is 9.59. The van der Waals surface area contributed by atoms with Crippen molar-refractivity contribution in [1.29, 1.82) is 0 Å². The fourth-order valence-electron chi connectivity index (χ4n) is 3.25. The quantitative estimate of drug-likeness (QED) is 0.756. The molecule has 1 aliphatic heterocycles. The van der Waals surface area contributed by atoms with Crippen LogP contribution in [0.3, 0.4) is 0 Å². The maximum atomic E-state index is 12.6. The lowest BCUT2D eigenvalue weighted by molar-refractivity contribution is 0.161. The molecule has 7 heteroatoms. The van der Waals surface area contributed by atoms with E-state index in [4.69, 9.17) is 4.74 Å². The second kappa shape index (κ2) is 8.60. The van der Waals surface area contributed by atoms with Crippen LogP contribution in [0.5, 0.6) is 0 Å². The van der Waals surface area contributed by atoms with Crippen molar-refractivity contribution in [3.8, 4) is 0 Å². The minimum Gasteiger partial charge on any atom is -0.383 e. The Kier molecular flexibility index (Phi) is 6.23. The number of methoxy groups -OCH3 is 1. The Bertz CT molecular complexity index is 716. The molecule has 0 bridgehead atoms. The monoisotopic (exact) mass is 362 g/mol. The number of anilines is 1. The molecule has 1 fully saturated rings. The maximum absolute atomic E-state index is 12.6. The molecular formula is C18H26N4O2S. The molecule has 25 heavy (non-hydrogen) atoms. The first-order chi connectivity index (χ1) is 12.2. The number of thiophene rings is 1. The molecule has 0 radical (unpaired) electrons. The summed E-state index contributed by atoms with van der Waals surface area (Å²) in [4.78, 5) is 18.4. The van der Waals surface area contributed by atoms with Crippen LogP contribution in [0.4, 0.5) is 5.69 Å². The van der Waals surface area contributed by atoms with E-state index in [0.29, 0.717) is 6.61 Å². The van der Waals surface area contributed by atoms with Crippen molar-refractivity contribution in [2.45, 2.75) is 25.4 Å². The Balaban J connectivity index is 1.67. The molecule has 0 N–H and O–H groups in total. The molecule has 3 heterocycles. The van der Waals surface area contributed by atoms with Gasteiger partial charge in [0.05, 0.1) is 24.5 Å². The lowest BCUT2D eigenvalue weighted by atomic mass is 10.1. The van der Waals surface area contributed by atoms with Gasteiger partial charge in [-0.1, -0.05) is 6.07 Å². The van der Waals surface area contributed by atoms with Crippen molar-refractivity contribution in [3.63, 3.8) is 0 Å². The fourth-order valence-corrected chi connectivity index (χ4v) is 3.99. The topological polar surface area (TPSA) is 50.6 Å². The first-order valence-electron chi connectivity index (χ1n) is 8.71. The van der Waals surface area contributed by atoms with Gasteiger partial charge in [-0.25, -0.2) is 4.68 Å². The maximum Gasteiger partial charge on any atom is 0.269 e. The molecule has 0 aromatic carbocycles. The molecule has 0 spiro atoms. The van der Waals surface area contributed by atoms with Gasteiger partial charge in [0, 0.05) is 44.7 Å². The summed E-state index contributed by atoms with van der Waals surface area (Å²) in [6.45, 7) is 4.28. The summed E-state index contributed by atoms with van der Waals surface area (Å²) >= 11 is 1.79. The third-order valence-electron chi connectivity index (χ3n) is 4.67. The van der Waals surface area contributed by atoms with E-state index in [2.05, 4.69) is 27.5 Å². The van der Waals surface area contributed by atoms with Crippen molar-refractivity contribution >= 4 is 17.0 Å². The molecule has 0 unspecified atom stereocenters. The van der Waals surface area contributed by atoms with E-state index >= 15 is 0 Å². The summed E-state index contributed by atoms with van der Waals surface area (Å²) in [5, 5.41) is 6.57. The van der Waals surface area contributed by atoms with Gasteiger partial charge in [0.1, 0.15) is 0 Å². The molecular weight excluding hydrogens is 336 g/mol. The molecule has 1 atom stereocenters. The average molecular weight is 362 g/mol. The van der Waals surface area contributed by atoms with E-state index in [1.165, 1.54) is 4.88 Å². The Hall–Kier alpha value is -1.70. The summed E-state index contributed by atoms with van der Waals surface area (Å²) in [6, 6.07) is 6.09. The van der Waals surface area contributed by atoms with Gasteiger partial charge < -0.3 is 9.64 Å². The fraction of sp³-hybridized carbons (Fsp3) is 0.556. The number of likely N-dealkylation sites (N-methyl/N-ethyl adjacent to an activating group) is 1. The summed E-state index contributed by atoms with van der Waals surface area (Å²) < 4.78 is 6.75. The highest BCUT2D eigenvalue weighted by atomic mass is 32.1. The highest BCUT2D eigenvalue weighted by molar-refractivity contribution is 7.09. The van der Waals surface area contributed by atoms with Gasteiger partial charge in [0.2, 0.25) is 0 Å². The Morgan fingerprint density at radius 2 is 2.36 bits per heavy atom. The van der Waals surface area contributed by atoms with Crippen LogP contribution in [0.25, 0.3) is 0 Å². The molecule has 2 aromatic heterocycles. The van der Waals surface area contributed by atoms with Crippen LogP contribution >= 0.6 is 11.3 Å². The zero-order chi connectivity index (χ0) is 17.6. The predicted molar refractivity (Wildman–Crippen MR) is 102 cm³/mol. The number of hydrogen-bond acceptors (Lipinski definition) is 6. The molecule has 3 rings (SSSR count). The SMILES string of the molecule is COCCN(C)c1cnn([C@@H]2CCCN(Cc3cccs3)C2)c(=O)c1. The smallest absolute Gasteiger partial charge is 0.269 e. The molecule has 6 nitrogen and oxygen atoms in total. The van der Waals surface area contributed by atoms with Gasteiger partial charge in [-0.05, 0) is 30.8 Å². The average Bonchev–Trinajstić information content (AvgIpc) is 3.12. The number of likely N-dealkylation sites (tertiary alicyclic amines) is 1. The Morgan fingerprint density at radius 3 is 3.08 bits per heavy atom. The van der Waals surface area contributed by atoms with Gasteiger partial charge in [-0.15, -0.1) is 11.3 Å². The predicted octanol–water partition coefficient (Wildman–Crippen LogP) is 2.22. The molecule has 0 amide bonds. The van der Waals surface area contributed by atoms with E-state index in [-0.39, 0.29) is 11.6 Å². The summed E-state index contributed by atoms with van der Waals surface area (Å²) in [5.74, 6) is 0. The van der Waals surface area contributed by atoms with E-state index in [9.17, 15) is 4.79 Å². The summed E-state index contributed by atoms with van der Waals surface area (Å²) in [7, 11) is 3.62. The standard InChI is InChI=1S/C18H26N4O2S/c1-20(8-9-24-2)16-11-18(23)22(19-12-16)15-5-3-7-21(13-15)14-17-6-4-10-25-17/h4,6,10-12,15H,3,5,7-9,13-14H2,1-2H3/t15-/m1/s1. The first kappa shape index (κ1) is 18.1. The minimum atomic E-state index is -0.0234. The van der Waals surface area contributed by atoms with Crippen molar-refractivity contribution in [2.75, 3.05) is 45.3 Å². The molecule has 2 aromatic rings. The number of nitrogens with zero attached hydrogens (tertiary/aromatic N) is 4. The lowest BCUT2D eigenvalue weighted by Crippen LogP contribution is -2.40. The van der Waals surface area contributed by atoms with Gasteiger partial charge >= 0.3 is 0 Å². The zero-order valence-electron chi connectivity index (χ0n) is 14.9.